The van der Waals surface area contributed by atoms with E-state index in [9.17, 15) is 14.4 Å². The third-order valence-corrected chi connectivity index (χ3v) is 5.07. The minimum atomic E-state index is -0.341. The number of amides is 3. The van der Waals surface area contributed by atoms with Gasteiger partial charge in [-0.25, -0.2) is 4.68 Å². The molecule has 0 bridgehead atoms. The SMILES string of the molecule is O=C(CNC(=O)c1ccc(N2CCCC2=O)cc1)NCc1cnn(-c2ccccc2)c1. The average molecular weight is 417 g/mol. The molecule has 2 heterocycles. The van der Waals surface area contributed by atoms with E-state index in [0.29, 0.717) is 25.1 Å². The van der Waals surface area contributed by atoms with Crippen molar-refractivity contribution in [1.29, 1.82) is 0 Å². The predicted octanol–water partition coefficient (Wildman–Crippen LogP) is 2.05. The molecule has 31 heavy (non-hydrogen) atoms. The lowest BCUT2D eigenvalue weighted by atomic mass is 10.2. The first kappa shape index (κ1) is 20.3. The zero-order chi connectivity index (χ0) is 21.6. The molecule has 0 spiro atoms. The van der Waals surface area contributed by atoms with Crippen molar-refractivity contribution in [2.24, 2.45) is 0 Å². The molecular formula is C23H23N5O3. The fraction of sp³-hybridized carbons (Fsp3) is 0.217. The molecule has 8 heteroatoms. The van der Waals surface area contributed by atoms with E-state index >= 15 is 0 Å². The van der Waals surface area contributed by atoms with Crippen molar-refractivity contribution in [3.05, 3.63) is 78.1 Å². The average Bonchev–Trinajstić information content (AvgIpc) is 3.46. The van der Waals surface area contributed by atoms with Crippen molar-refractivity contribution in [2.45, 2.75) is 19.4 Å². The van der Waals surface area contributed by atoms with Gasteiger partial charge in [-0.15, -0.1) is 0 Å². The lowest BCUT2D eigenvalue weighted by Gasteiger charge is -2.15. The van der Waals surface area contributed by atoms with E-state index in [1.807, 2.05) is 36.5 Å². The Kier molecular flexibility index (Phi) is 6.07. The highest BCUT2D eigenvalue weighted by Gasteiger charge is 2.21. The maximum atomic E-state index is 12.3. The van der Waals surface area contributed by atoms with Gasteiger partial charge in [0.05, 0.1) is 18.4 Å². The van der Waals surface area contributed by atoms with Crippen LogP contribution in [0.3, 0.4) is 0 Å². The molecule has 8 nitrogen and oxygen atoms in total. The summed E-state index contributed by atoms with van der Waals surface area (Å²) in [7, 11) is 0. The molecular weight excluding hydrogens is 394 g/mol. The van der Waals surface area contributed by atoms with Gasteiger partial charge in [0.1, 0.15) is 0 Å². The maximum Gasteiger partial charge on any atom is 0.251 e. The zero-order valence-electron chi connectivity index (χ0n) is 17.0. The molecule has 1 aliphatic rings. The van der Waals surface area contributed by atoms with Gasteiger partial charge in [0.15, 0.2) is 0 Å². The van der Waals surface area contributed by atoms with E-state index in [0.717, 1.165) is 23.4 Å². The number of benzene rings is 2. The van der Waals surface area contributed by atoms with Crippen molar-refractivity contribution < 1.29 is 14.4 Å². The van der Waals surface area contributed by atoms with E-state index in [4.69, 9.17) is 0 Å². The number of carbonyl (C=O) groups is 3. The summed E-state index contributed by atoms with van der Waals surface area (Å²) < 4.78 is 1.74. The molecule has 4 rings (SSSR count). The van der Waals surface area contributed by atoms with Gasteiger partial charge in [0.25, 0.3) is 5.91 Å². The summed E-state index contributed by atoms with van der Waals surface area (Å²) >= 11 is 0. The van der Waals surface area contributed by atoms with Crippen molar-refractivity contribution in [3.8, 4) is 5.69 Å². The number of nitrogens with one attached hydrogen (secondary N) is 2. The van der Waals surface area contributed by atoms with Gasteiger partial charge in [0, 0.05) is 42.5 Å². The number of aromatic nitrogens is 2. The molecule has 1 saturated heterocycles. The van der Waals surface area contributed by atoms with Gasteiger partial charge in [-0.1, -0.05) is 18.2 Å². The molecule has 0 atom stereocenters. The lowest BCUT2D eigenvalue weighted by molar-refractivity contribution is -0.120. The third kappa shape index (κ3) is 4.98. The highest BCUT2D eigenvalue weighted by atomic mass is 16.2. The van der Waals surface area contributed by atoms with Crippen molar-refractivity contribution in [2.75, 3.05) is 18.0 Å². The molecule has 2 aromatic carbocycles. The van der Waals surface area contributed by atoms with Crippen LogP contribution < -0.4 is 15.5 Å². The monoisotopic (exact) mass is 417 g/mol. The number of anilines is 1. The van der Waals surface area contributed by atoms with E-state index in [1.54, 1.807) is 40.0 Å². The fourth-order valence-corrected chi connectivity index (χ4v) is 3.41. The fourth-order valence-electron chi connectivity index (χ4n) is 3.41. The second kappa shape index (κ2) is 9.25. The Bertz CT molecular complexity index is 1080. The van der Waals surface area contributed by atoms with Gasteiger partial charge in [-0.05, 0) is 42.8 Å². The van der Waals surface area contributed by atoms with Gasteiger partial charge in [0.2, 0.25) is 11.8 Å². The Morgan fingerprint density at radius 3 is 2.45 bits per heavy atom. The van der Waals surface area contributed by atoms with Gasteiger partial charge in [-0.2, -0.15) is 5.10 Å². The molecule has 2 N–H and O–H groups in total. The standard InChI is InChI=1S/C23H23N5O3/c29-21(24-13-17-14-26-28(16-17)20-5-2-1-3-6-20)15-25-23(31)18-8-10-19(11-9-18)27-12-4-7-22(27)30/h1-3,5-6,8-11,14,16H,4,7,12-13,15H2,(H,24,29)(H,25,31). The molecule has 3 aromatic rings. The Labute approximate surface area is 179 Å². The minimum Gasteiger partial charge on any atom is -0.350 e. The van der Waals surface area contributed by atoms with Crippen LogP contribution in [-0.2, 0) is 16.1 Å². The first-order valence-electron chi connectivity index (χ1n) is 10.1. The molecule has 0 unspecified atom stereocenters. The lowest BCUT2D eigenvalue weighted by Crippen LogP contribution is -2.36. The van der Waals surface area contributed by atoms with Crippen LogP contribution in [0.1, 0.15) is 28.8 Å². The largest absolute Gasteiger partial charge is 0.350 e. The second-order valence-electron chi connectivity index (χ2n) is 7.28. The molecule has 1 fully saturated rings. The van der Waals surface area contributed by atoms with Gasteiger partial charge < -0.3 is 15.5 Å². The molecule has 0 saturated carbocycles. The highest BCUT2D eigenvalue weighted by Crippen LogP contribution is 2.21. The van der Waals surface area contributed by atoms with Crippen LogP contribution >= 0.6 is 0 Å². The number of hydrogen-bond acceptors (Lipinski definition) is 4. The topological polar surface area (TPSA) is 96.3 Å². The summed E-state index contributed by atoms with van der Waals surface area (Å²) in [4.78, 5) is 37.9. The maximum absolute atomic E-state index is 12.3. The van der Waals surface area contributed by atoms with E-state index < -0.39 is 0 Å². The molecule has 0 radical (unpaired) electrons. The summed E-state index contributed by atoms with van der Waals surface area (Å²) in [6.07, 6.45) is 4.95. The van der Waals surface area contributed by atoms with Crippen molar-refractivity contribution >= 4 is 23.4 Å². The smallest absolute Gasteiger partial charge is 0.251 e. The van der Waals surface area contributed by atoms with Crippen LogP contribution in [-0.4, -0.2) is 40.6 Å². The molecule has 158 valence electrons. The number of hydrogen-bond donors (Lipinski definition) is 2. The van der Waals surface area contributed by atoms with Crippen LogP contribution in [0.5, 0.6) is 0 Å². The normalized spacial score (nSPS) is 13.3. The Morgan fingerprint density at radius 2 is 1.74 bits per heavy atom. The van der Waals surface area contributed by atoms with Crippen molar-refractivity contribution in [1.82, 2.24) is 20.4 Å². The van der Waals surface area contributed by atoms with E-state index in [-0.39, 0.29) is 24.3 Å². The van der Waals surface area contributed by atoms with Gasteiger partial charge >= 0.3 is 0 Å². The Hall–Kier alpha value is -3.94. The Balaban J connectivity index is 1.24. The molecule has 3 amide bonds. The zero-order valence-corrected chi connectivity index (χ0v) is 17.0. The third-order valence-electron chi connectivity index (χ3n) is 5.07. The van der Waals surface area contributed by atoms with Crippen LogP contribution in [0.2, 0.25) is 0 Å². The second-order valence-corrected chi connectivity index (χ2v) is 7.28. The molecule has 1 aromatic heterocycles. The highest BCUT2D eigenvalue weighted by molar-refractivity contribution is 5.98. The van der Waals surface area contributed by atoms with Crippen LogP contribution in [0, 0.1) is 0 Å². The number of rotatable bonds is 7. The molecule has 0 aliphatic carbocycles. The van der Waals surface area contributed by atoms with E-state index in [1.165, 1.54) is 0 Å². The summed E-state index contributed by atoms with van der Waals surface area (Å²) in [5.74, 6) is -0.533. The number of nitrogens with zero attached hydrogens (tertiary/aromatic N) is 3. The first-order valence-corrected chi connectivity index (χ1v) is 10.1. The summed E-state index contributed by atoms with van der Waals surface area (Å²) in [6, 6.07) is 16.5. The summed E-state index contributed by atoms with van der Waals surface area (Å²) in [5.41, 5.74) is 3.02. The molecule has 1 aliphatic heterocycles. The number of para-hydroxylation sites is 1. The van der Waals surface area contributed by atoms with Crippen LogP contribution in [0.25, 0.3) is 5.69 Å². The van der Waals surface area contributed by atoms with Gasteiger partial charge in [-0.3, -0.25) is 14.4 Å². The van der Waals surface area contributed by atoms with E-state index in [2.05, 4.69) is 15.7 Å². The van der Waals surface area contributed by atoms with Crippen LogP contribution in [0.15, 0.2) is 67.0 Å². The van der Waals surface area contributed by atoms with Crippen molar-refractivity contribution in [3.63, 3.8) is 0 Å². The quantitative estimate of drug-likeness (QED) is 0.615. The first-order chi connectivity index (χ1) is 15.1. The summed E-state index contributed by atoms with van der Waals surface area (Å²) in [5, 5.41) is 9.67. The Morgan fingerprint density at radius 1 is 0.968 bits per heavy atom. The minimum absolute atomic E-state index is 0.100. The predicted molar refractivity (Wildman–Crippen MR) is 116 cm³/mol. The summed E-state index contributed by atoms with van der Waals surface area (Å²) in [6.45, 7) is 0.896. The van der Waals surface area contributed by atoms with Crippen LogP contribution in [0.4, 0.5) is 5.69 Å². The number of carbonyl (C=O) groups excluding carboxylic acids is 3.